The van der Waals surface area contributed by atoms with Gasteiger partial charge in [-0.25, -0.2) is 9.97 Å². The van der Waals surface area contributed by atoms with E-state index in [1.54, 1.807) is 31.5 Å². The Morgan fingerprint density at radius 2 is 2.15 bits per heavy atom. The van der Waals surface area contributed by atoms with Crippen LogP contribution in [-0.4, -0.2) is 28.0 Å². The second-order valence-electron chi connectivity index (χ2n) is 6.25. The molecule has 1 aromatic carbocycles. The maximum Gasteiger partial charge on any atom is 0.271 e. The first-order valence-electron chi connectivity index (χ1n) is 8.52. The molecule has 0 saturated heterocycles. The third-order valence-corrected chi connectivity index (χ3v) is 4.64. The van der Waals surface area contributed by atoms with Gasteiger partial charge >= 0.3 is 0 Å². The van der Waals surface area contributed by atoms with Crippen LogP contribution >= 0.6 is 0 Å². The van der Waals surface area contributed by atoms with Crippen molar-refractivity contribution in [3.63, 3.8) is 0 Å². The molecule has 3 N–H and O–H groups in total. The maximum absolute atomic E-state index is 13.0. The number of anilines is 1. The lowest BCUT2D eigenvalue weighted by Crippen LogP contribution is -2.32. The number of benzene rings is 1. The van der Waals surface area contributed by atoms with Crippen LogP contribution in [0.3, 0.4) is 0 Å². The molecule has 1 atom stereocenters. The molecule has 0 bridgehead atoms. The summed E-state index contributed by atoms with van der Waals surface area (Å²) in [6.07, 6.45) is 4.59. The zero-order valence-electron chi connectivity index (χ0n) is 14.4. The number of para-hydroxylation sites is 1. The Balaban J connectivity index is 1.72. The van der Waals surface area contributed by atoms with Crippen molar-refractivity contribution in [2.45, 2.75) is 25.3 Å². The van der Waals surface area contributed by atoms with E-state index in [1.165, 1.54) is 5.56 Å². The quantitative estimate of drug-likeness (QED) is 0.753. The minimum Gasteiger partial charge on any atom is -0.494 e. The number of fused-ring (bicyclic) bond motifs is 2. The number of rotatable bonds is 3. The highest BCUT2D eigenvalue weighted by atomic mass is 16.5. The van der Waals surface area contributed by atoms with Gasteiger partial charge in [-0.1, -0.05) is 18.2 Å². The van der Waals surface area contributed by atoms with Crippen molar-refractivity contribution < 1.29 is 9.53 Å². The van der Waals surface area contributed by atoms with Gasteiger partial charge in [0.15, 0.2) is 0 Å². The smallest absolute Gasteiger partial charge is 0.271 e. The number of pyridine rings is 1. The summed E-state index contributed by atoms with van der Waals surface area (Å²) in [5.74, 6) is 0.297. The van der Waals surface area contributed by atoms with E-state index in [2.05, 4.69) is 26.3 Å². The molecule has 0 fully saturated rings. The number of nitrogens with zero attached hydrogens (tertiary/aromatic N) is 3. The highest BCUT2D eigenvalue weighted by Crippen LogP contribution is 2.29. The van der Waals surface area contributed by atoms with Crippen LogP contribution in [0.1, 0.15) is 40.6 Å². The van der Waals surface area contributed by atoms with E-state index in [9.17, 15) is 4.79 Å². The summed E-state index contributed by atoms with van der Waals surface area (Å²) in [4.78, 5) is 25.8. The van der Waals surface area contributed by atoms with Gasteiger partial charge in [-0.2, -0.15) is 0 Å². The number of hydrogen-bond donors (Lipinski definition) is 2. The molecule has 0 spiro atoms. The number of ether oxygens (including phenoxy) is 1. The molecule has 3 aromatic rings. The molecule has 0 saturated carbocycles. The Labute approximate surface area is 150 Å². The molecular weight excluding hydrogens is 330 g/mol. The van der Waals surface area contributed by atoms with Gasteiger partial charge in [0, 0.05) is 11.6 Å². The first kappa shape index (κ1) is 16.3. The molecule has 1 aliphatic carbocycles. The van der Waals surface area contributed by atoms with Crippen molar-refractivity contribution in [3.8, 4) is 5.75 Å². The first-order valence-corrected chi connectivity index (χ1v) is 8.52. The summed E-state index contributed by atoms with van der Waals surface area (Å²) >= 11 is 0. The van der Waals surface area contributed by atoms with Crippen molar-refractivity contribution >= 4 is 22.8 Å². The molecule has 1 aliphatic rings. The normalized spacial score (nSPS) is 16.1. The second-order valence-corrected chi connectivity index (χ2v) is 6.25. The Kier molecular flexibility index (Phi) is 4.12. The predicted octanol–water partition coefficient (Wildman–Crippen LogP) is 2.42. The third kappa shape index (κ3) is 2.81. The van der Waals surface area contributed by atoms with Crippen LogP contribution in [0.15, 0.2) is 36.5 Å². The van der Waals surface area contributed by atoms with Gasteiger partial charge < -0.3 is 15.8 Å². The lowest BCUT2D eigenvalue weighted by Gasteiger charge is -2.25. The highest BCUT2D eigenvalue weighted by molar-refractivity contribution is 6.06. The molecule has 0 aliphatic heterocycles. The number of nitrogens with two attached hydrogens (primary N) is 1. The zero-order valence-corrected chi connectivity index (χ0v) is 14.4. The zero-order chi connectivity index (χ0) is 18.1. The highest BCUT2D eigenvalue weighted by Gasteiger charge is 2.25. The molecule has 26 heavy (non-hydrogen) atoms. The van der Waals surface area contributed by atoms with E-state index in [1.807, 2.05) is 6.07 Å². The number of carbonyl (C=O) groups excluding carboxylic acids is 1. The van der Waals surface area contributed by atoms with Crippen molar-refractivity contribution in [1.29, 1.82) is 0 Å². The van der Waals surface area contributed by atoms with Gasteiger partial charge in [-0.15, -0.1) is 0 Å². The number of carbonyl (C=O) groups is 1. The minimum atomic E-state index is -0.291. The fraction of sp³-hybridized carbons (Fsp3) is 0.263. The summed E-state index contributed by atoms with van der Waals surface area (Å²) in [7, 11) is 1.55. The van der Waals surface area contributed by atoms with E-state index in [-0.39, 0.29) is 23.6 Å². The number of nitrogen functional groups attached to an aromatic ring is 1. The van der Waals surface area contributed by atoms with E-state index < -0.39 is 0 Å². The van der Waals surface area contributed by atoms with Crippen LogP contribution in [0.5, 0.6) is 5.75 Å². The number of nitrogens with one attached hydrogen (secondary N) is 1. The topological polar surface area (TPSA) is 103 Å². The van der Waals surface area contributed by atoms with E-state index in [4.69, 9.17) is 10.5 Å². The average Bonchev–Trinajstić information content (AvgIpc) is 2.67. The largest absolute Gasteiger partial charge is 0.494 e. The van der Waals surface area contributed by atoms with Crippen molar-refractivity contribution in [2.24, 2.45) is 0 Å². The summed E-state index contributed by atoms with van der Waals surface area (Å²) < 4.78 is 5.33. The Morgan fingerprint density at radius 1 is 1.27 bits per heavy atom. The van der Waals surface area contributed by atoms with Gasteiger partial charge in [0.25, 0.3) is 5.91 Å². The number of aryl methyl sites for hydroxylation is 1. The van der Waals surface area contributed by atoms with Crippen LogP contribution < -0.4 is 15.8 Å². The van der Waals surface area contributed by atoms with Gasteiger partial charge in [0.05, 0.1) is 18.8 Å². The van der Waals surface area contributed by atoms with E-state index in [0.717, 1.165) is 25.0 Å². The third-order valence-electron chi connectivity index (χ3n) is 4.64. The molecule has 132 valence electrons. The Morgan fingerprint density at radius 3 is 3.00 bits per heavy atom. The average molecular weight is 349 g/mol. The lowest BCUT2D eigenvalue weighted by atomic mass is 9.92. The van der Waals surface area contributed by atoms with Gasteiger partial charge in [0.2, 0.25) is 5.95 Å². The number of amides is 1. The summed E-state index contributed by atoms with van der Waals surface area (Å²) in [5.41, 5.74) is 8.70. The standard InChI is InChI=1S/C19H19N5O2/c1-26-14-9-3-7-12-16(14)23-19(20)24-17(12)18(25)22-13-8-2-5-11-6-4-10-21-15(11)13/h3-4,6-7,9-10,13H,2,5,8H2,1H3,(H,22,25)(H2,20,23,24)/t13-/m0/s1. The van der Waals surface area contributed by atoms with Crippen LogP contribution in [0, 0.1) is 0 Å². The maximum atomic E-state index is 13.0. The van der Waals surface area contributed by atoms with Gasteiger partial charge in [-0.05, 0) is 37.0 Å². The molecule has 0 unspecified atom stereocenters. The van der Waals surface area contributed by atoms with Gasteiger partial charge in [-0.3, -0.25) is 9.78 Å². The Bertz CT molecular complexity index is 989. The van der Waals surface area contributed by atoms with Crippen molar-refractivity contribution in [1.82, 2.24) is 20.3 Å². The van der Waals surface area contributed by atoms with Crippen molar-refractivity contribution in [2.75, 3.05) is 12.8 Å². The van der Waals surface area contributed by atoms with Crippen LogP contribution in [0.2, 0.25) is 0 Å². The molecule has 7 nitrogen and oxygen atoms in total. The van der Waals surface area contributed by atoms with E-state index in [0.29, 0.717) is 16.7 Å². The molecule has 7 heteroatoms. The van der Waals surface area contributed by atoms with Crippen LogP contribution in [-0.2, 0) is 6.42 Å². The first-order chi connectivity index (χ1) is 12.7. The van der Waals surface area contributed by atoms with Crippen LogP contribution in [0.25, 0.3) is 10.9 Å². The monoisotopic (exact) mass is 349 g/mol. The lowest BCUT2D eigenvalue weighted by molar-refractivity contribution is 0.0928. The number of aromatic nitrogens is 3. The molecule has 2 heterocycles. The summed E-state index contributed by atoms with van der Waals surface area (Å²) in [6, 6.07) is 9.22. The van der Waals surface area contributed by atoms with E-state index >= 15 is 0 Å². The number of methoxy groups -OCH3 is 1. The minimum absolute atomic E-state index is 0.0364. The summed E-state index contributed by atoms with van der Waals surface area (Å²) in [5, 5.41) is 3.66. The molecule has 0 radical (unpaired) electrons. The fourth-order valence-electron chi connectivity index (χ4n) is 3.46. The van der Waals surface area contributed by atoms with Crippen molar-refractivity contribution in [3.05, 3.63) is 53.5 Å². The fourth-order valence-corrected chi connectivity index (χ4v) is 3.46. The Hall–Kier alpha value is -3.22. The molecule has 2 aromatic heterocycles. The number of hydrogen-bond acceptors (Lipinski definition) is 6. The second kappa shape index (κ2) is 6.59. The van der Waals surface area contributed by atoms with Gasteiger partial charge in [0.1, 0.15) is 17.0 Å². The predicted molar refractivity (Wildman–Crippen MR) is 97.9 cm³/mol. The molecule has 1 amide bonds. The molecule has 4 rings (SSSR count). The SMILES string of the molecule is COc1cccc2c(C(=O)N[C@H]3CCCc4cccnc43)nc(N)nc12. The summed E-state index contributed by atoms with van der Waals surface area (Å²) in [6.45, 7) is 0. The van der Waals surface area contributed by atoms with Crippen LogP contribution in [0.4, 0.5) is 5.95 Å². The molecular formula is C19H19N5O2.